The lowest BCUT2D eigenvalue weighted by atomic mass is 9.73. The lowest BCUT2D eigenvalue weighted by Gasteiger charge is -2.38. The zero-order valence-electron chi connectivity index (χ0n) is 16.4. The van der Waals surface area contributed by atoms with Crippen LogP contribution in [0.3, 0.4) is 0 Å². The summed E-state index contributed by atoms with van der Waals surface area (Å²) in [4.78, 5) is 17.8. The van der Waals surface area contributed by atoms with Crippen molar-refractivity contribution >= 4 is 23.5 Å². The molecular formula is C21H24N4O2S. The zero-order valence-corrected chi connectivity index (χ0v) is 17.2. The Bertz CT molecular complexity index is 959. The van der Waals surface area contributed by atoms with E-state index in [0.717, 1.165) is 34.8 Å². The molecule has 0 fully saturated rings. The number of hydrogen-bond acceptors (Lipinski definition) is 6. The normalized spacial score (nSPS) is 20.2. The Hall–Kier alpha value is -2.54. The molecule has 2 aliphatic rings. The lowest BCUT2D eigenvalue weighted by molar-refractivity contribution is -0.118. The predicted octanol–water partition coefficient (Wildman–Crippen LogP) is 4.22. The number of methoxy groups -OCH3 is 1. The van der Waals surface area contributed by atoms with E-state index >= 15 is 0 Å². The SMILES string of the molecule is C=CCSc1nc2n(n1)[C@@H](c1ccc(OC)cc1)C1=C(CC(C)(C)CC1=O)N2. The number of benzene rings is 1. The highest BCUT2D eigenvalue weighted by atomic mass is 32.2. The summed E-state index contributed by atoms with van der Waals surface area (Å²) >= 11 is 1.53. The molecule has 28 heavy (non-hydrogen) atoms. The van der Waals surface area contributed by atoms with Gasteiger partial charge < -0.3 is 10.1 Å². The number of carbonyl (C=O) groups excluding carboxylic acids is 1. The smallest absolute Gasteiger partial charge is 0.227 e. The Kier molecular flexibility index (Phi) is 4.79. The summed E-state index contributed by atoms with van der Waals surface area (Å²) in [6, 6.07) is 7.53. The topological polar surface area (TPSA) is 69.0 Å². The van der Waals surface area contributed by atoms with Gasteiger partial charge in [-0.05, 0) is 29.5 Å². The quantitative estimate of drug-likeness (QED) is 0.603. The van der Waals surface area contributed by atoms with Crippen molar-refractivity contribution in [1.82, 2.24) is 14.8 Å². The van der Waals surface area contributed by atoms with E-state index in [9.17, 15) is 4.79 Å². The van der Waals surface area contributed by atoms with Crippen molar-refractivity contribution in [3.05, 3.63) is 53.8 Å². The van der Waals surface area contributed by atoms with E-state index in [1.165, 1.54) is 11.8 Å². The van der Waals surface area contributed by atoms with Crippen LogP contribution in [-0.4, -0.2) is 33.4 Å². The highest BCUT2D eigenvalue weighted by Gasteiger charge is 2.41. The highest BCUT2D eigenvalue weighted by molar-refractivity contribution is 7.99. The van der Waals surface area contributed by atoms with E-state index < -0.39 is 0 Å². The van der Waals surface area contributed by atoms with Crippen LogP contribution in [0.5, 0.6) is 5.75 Å². The van der Waals surface area contributed by atoms with Crippen molar-refractivity contribution in [2.45, 2.75) is 37.9 Å². The van der Waals surface area contributed by atoms with Gasteiger partial charge >= 0.3 is 0 Å². The molecule has 1 aromatic heterocycles. The molecule has 0 saturated carbocycles. The van der Waals surface area contributed by atoms with Crippen LogP contribution in [-0.2, 0) is 4.79 Å². The first-order chi connectivity index (χ1) is 13.4. The molecule has 7 heteroatoms. The number of carbonyl (C=O) groups is 1. The van der Waals surface area contributed by atoms with Gasteiger partial charge in [-0.1, -0.05) is 43.8 Å². The molecule has 0 saturated heterocycles. The second-order valence-corrected chi connectivity index (χ2v) is 8.88. The van der Waals surface area contributed by atoms with Crippen molar-refractivity contribution in [2.75, 3.05) is 18.2 Å². The Morgan fingerprint density at radius 3 is 2.79 bits per heavy atom. The van der Waals surface area contributed by atoms with E-state index in [1.54, 1.807) is 7.11 Å². The number of nitrogens with zero attached hydrogens (tertiary/aromatic N) is 3. The zero-order chi connectivity index (χ0) is 19.9. The molecule has 2 heterocycles. The summed E-state index contributed by atoms with van der Waals surface area (Å²) < 4.78 is 7.13. The first kappa shape index (κ1) is 18.8. The van der Waals surface area contributed by atoms with Gasteiger partial charge in [0.15, 0.2) is 5.78 Å². The molecule has 2 aromatic rings. The number of fused-ring (bicyclic) bond motifs is 1. The molecule has 6 nitrogen and oxygen atoms in total. The average molecular weight is 397 g/mol. The number of anilines is 1. The van der Waals surface area contributed by atoms with Gasteiger partial charge in [-0.3, -0.25) is 4.79 Å². The molecule has 0 amide bonds. The number of ketones is 1. The van der Waals surface area contributed by atoms with Gasteiger partial charge in [0.05, 0.1) is 7.11 Å². The summed E-state index contributed by atoms with van der Waals surface area (Å²) in [7, 11) is 1.64. The maximum Gasteiger partial charge on any atom is 0.227 e. The second-order valence-electron chi connectivity index (χ2n) is 7.90. The molecule has 1 aliphatic heterocycles. The largest absolute Gasteiger partial charge is 0.497 e. The number of Topliss-reactive ketones (excluding diaryl/α,β-unsaturated/α-hetero) is 1. The maximum absolute atomic E-state index is 13.1. The highest BCUT2D eigenvalue weighted by Crippen LogP contribution is 2.45. The summed E-state index contributed by atoms with van der Waals surface area (Å²) in [6.07, 6.45) is 3.17. The lowest BCUT2D eigenvalue weighted by Crippen LogP contribution is -2.36. The van der Waals surface area contributed by atoms with Gasteiger partial charge in [0.2, 0.25) is 11.1 Å². The Labute approximate surface area is 169 Å². The van der Waals surface area contributed by atoms with E-state index in [-0.39, 0.29) is 17.2 Å². The predicted molar refractivity (Wildman–Crippen MR) is 111 cm³/mol. The van der Waals surface area contributed by atoms with Crippen LogP contribution in [0.25, 0.3) is 0 Å². The fourth-order valence-corrected chi connectivity index (χ4v) is 4.44. The monoisotopic (exact) mass is 396 g/mol. The first-order valence-electron chi connectivity index (χ1n) is 9.29. The number of aromatic nitrogens is 3. The van der Waals surface area contributed by atoms with Gasteiger partial charge in [-0.2, -0.15) is 4.98 Å². The molecule has 4 rings (SSSR count). The molecular weight excluding hydrogens is 372 g/mol. The van der Waals surface area contributed by atoms with Crippen molar-refractivity contribution in [2.24, 2.45) is 5.41 Å². The fraction of sp³-hybridized carbons (Fsp3) is 0.381. The number of allylic oxidation sites excluding steroid dienone is 2. The number of nitrogens with one attached hydrogen (secondary N) is 1. The molecule has 1 aromatic carbocycles. The molecule has 146 valence electrons. The van der Waals surface area contributed by atoms with Crippen molar-refractivity contribution in [3.63, 3.8) is 0 Å². The minimum atomic E-state index is -0.286. The first-order valence-corrected chi connectivity index (χ1v) is 10.3. The van der Waals surface area contributed by atoms with Gasteiger partial charge in [-0.25, -0.2) is 4.68 Å². The third-order valence-electron chi connectivity index (χ3n) is 5.07. The van der Waals surface area contributed by atoms with Crippen LogP contribution in [0.1, 0.15) is 38.3 Å². The van der Waals surface area contributed by atoms with Crippen molar-refractivity contribution in [3.8, 4) is 5.75 Å². The molecule has 0 spiro atoms. The number of hydrogen-bond donors (Lipinski definition) is 1. The van der Waals surface area contributed by atoms with Crippen LogP contribution in [0.4, 0.5) is 5.95 Å². The van der Waals surface area contributed by atoms with Crippen LogP contribution in [0.15, 0.2) is 53.3 Å². The minimum absolute atomic E-state index is 0.0734. The van der Waals surface area contributed by atoms with E-state index in [2.05, 4.69) is 30.7 Å². The number of rotatable bonds is 5. The number of thioether (sulfide) groups is 1. The third-order valence-corrected chi connectivity index (χ3v) is 5.91. The average Bonchev–Trinajstić information content (AvgIpc) is 3.06. The molecule has 1 aliphatic carbocycles. The van der Waals surface area contributed by atoms with Crippen LogP contribution >= 0.6 is 11.8 Å². The van der Waals surface area contributed by atoms with Crippen molar-refractivity contribution in [1.29, 1.82) is 0 Å². The summed E-state index contributed by atoms with van der Waals surface area (Å²) in [5.74, 6) is 2.36. The van der Waals surface area contributed by atoms with Crippen LogP contribution < -0.4 is 10.1 Å². The molecule has 1 N–H and O–H groups in total. The Morgan fingerprint density at radius 2 is 2.11 bits per heavy atom. The third kappa shape index (κ3) is 3.35. The van der Waals surface area contributed by atoms with Crippen LogP contribution in [0.2, 0.25) is 0 Å². The standard InChI is InChI=1S/C21H24N4O2S/c1-5-10-28-20-23-19-22-15-11-21(2,3)12-16(26)17(15)18(25(19)24-20)13-6-8-14(27-4)9-7-13/h5-9,18H,1,10-12H2,2-4H3,(H,22,23,24)/t18-/m0/s1. The molecule has 0 unspecified atom stereocenters. The fourth-order valence-electron chi connectivity index (χ4n) is 3.88. The summed E-state index contributed by atoms with van der Waals surface area (Å²) in [5.41, 5.74) is 2.68. The van der Waals surface area contributed by atoms with E-state index in [1.807, 2.05) is 35.0 Å². The second kappa shape index (κ2) is 7.13. The molecule has 0 radical (unpaired) electrons. The summed E-state index contributed by atoms with van der Waals surface area (Å²) in [5, 5.41) is 8.75. The van der Waals surface area contributed by atoms with Gasteiger partial charge in [-0.15, -0.1) is 11.7 Å². The van der Waals surface area contributed by atoms with E-state index in [0.29, 0.717) is 17.5 Å². The maximum atomic E-state index is 13.1. The van der Waals surface area contributed by atoms with Gasteiger partial charge in [0, 0.05) is 23.4 Å². The number of ether oxygens (including phenoxy) is 1. The van der Waals surface area contributed by atoms with Gasteiger partial charge in [0.25, 0.3) is 0 Å². The Morgan fingerprint density at radius 1 is 1.36 bits per heavy atom. The molecule has 1 atom stereocenters. The summed E-state index contributed by atoms with van der Waals surface area (Å²) in [6.45, 7) is 8.01. The van der Waals surface area contributed by atoms with Crippen LogP contribution in [0, 0.1) is 5.41 Å². The Balaban J connectivity index is 1.83. The van der Waals surface area contributed by atoms with Gasteiger partial charge in [0.1, 0.15) is 11.8 Å². The van der Waals surface area contributed by atoms with E-state index in [4.69, 9.17) is 9.84 Å². The molecule has 0 bridgehead atoms. The van der Waals surface area contributed by atoms with Crippen molar-refractivity contribution < 1.29 is 9.53 Å². The minimum Gasteiger partial charge on any atom is -0.497 e.